The predicted molar refractivity (Wildman–Crippen MR) is 88.4 cm³/mol. The molecule has 1 aliphatic rings. The first-order valence-corrected chi connectivity index (χ1v) is 8.17. The minimum atomic E-state index is -0.461. The number of nitrogens with one attached hydrogen (secondary N) is 1. The predicted octanol–water partition coefficient (Wildman–Crippen LogP) is 2.67. The zero-order valence-electron chi connectivity index (χ0n) is 14.4. The van der Waals surface area contributed by atoms with Crippen molar-refractivity contribution in [2.24, 2.45) is 0 Å². The van der Waals surface area contributed by atoms with Gasteiger partial charge in [0.1, 0.15) is 17.4 Å². The fraction of sp³-hybridized carbons (Fsp3) is 0.611. The molecule has 2 atom stereocenters. The maximum atomic E-state index is 12.0. The van der Waals surface area contributed by atoms with Crippen LogP contribution in [0.4, 0.5) is 0 Å². The zero-order valence-corrected chi connectivity index (χ0v) is 14.4. The highest BCUT2D eigenvalue weighted by molar-refractivity contribution is 5.76. The fourth-order valence-electron chi connectivity index (χ4n) is 2.49. The third-order valence-corrected chi connectivity index (χ3v) is 3.48. The molecule has 2 unspecified atom stereocenters. The second kappa shape index (κ2) is 7.79. The topological polar surface area (TPSA) is 56.8 Å². The summed E-state index contributed by atoms with van der Waals surface area (Å²) >= 11 is 0. The summed E-state index contributed by atoms with van der Waals surface area (Å²) in [7, 11) is 0. The van der Waals surface area contributed by atoms with Gasteiger partial charge in [0.15, 0.2) is 0 Å². The molecular weight excluding hydrogens is 294 g/mol. The van der Waals surface area contributed by atoms with Crippen molar-refractivity contribution >= 4 is 5.97 Å². The van der Waals surface area contributed by atoms with Crippen LogP contribution in [0.1, 0.15) is 39.7 Å². The first kappa shape index (κ1) is 17.8. The number of ether oxygens (including phenoxy) is 3. The number of rotatable bonds is 6. The Morgan fingerprint density at radius 2 is 2.13 bits per heavy atom. The van der Waals surface area contributed by atoms with Crippen LogP contribution in [0.5, 0.6) is 5.75 Å². The lowest BCUT2D eigenvalue weighted by atomic mass is 10.1. The first-order valence-electron chi connectivity index (χ1n) is 8.17. The summed E-state index contributed by atoms with van der Waals surface area (Å²) in [5.41, 5.74) is 0.605. The Bertz CT molecular complexity index is 524. The molecule has 0 saturated carbocycles. The third kappa shape index (κ3) is 5.84. The molecular formula is C18H27NO4. The van der Waals surface area contributed by atoms with Gasteiger partial charge in [0.2, 0.25) is 0 Å². The van der Waals surface area contributed by atoms with Crippen molar-refractivity contribution in [1.82, 2.24) is 5.32 Å². The second-order valence-electron chi connectivity index (χ2n) is 6.74. The second-order valence-corrected chi connectivity index (χ2v) is 6.74. The van der Waals surface area contributed by atoms with E-state index >= 15 is 0 Å². The van der Waals surface area contributed by atoms with Crippen molar-refractivity contribution in [2.75, 3.05) is 13.2 Å². The van der Waals surface area contributed by atoms with Gasteiger partial charge in [0.25, 0.3) is 0 Å². The molecule has 128 valence electrons. The van der Waals surface area contributed by atoms with Crippen LogP contribution < -0.4 is 10.1 Å². The van der Waals surface area contributed by atoms with Crippen LogP contribution in [0.3, 0.4) is 0 Å². The Morgan fingerprint density at radius 1 is 1.35 bits per heavy atom. The summed E-state index contributed by atoms with van der Waals surface area (Å²) in [6.07, 6.45) is 0.656. The van der Waals surface area contributed by atoms with E-state index in [4.69, 9.17) is 14.2 Å². The Balaban J connectivity index is 1.79. The van der Waals surface area contributed by atoms with E-state index in [-0.39, 0.29) is 18.1 Å². The van der Waals surface area contributed by atoms with Crippen LogP contribution >= 0.6 is 0 Å². The van der Waals surface area contributed by atoms with Crippen LogP contribution in [0.25, 0.3) is 0 Å². The molecule has 0 aromatic heterocycles. The minimum absolute atomic E-state index is 0.0169. The average Bonchev–Trinajstić information content (AvgIpc) is 2.93. The van der Waals surface area contributed by atoms with Crippen LogP contribution in [-0.2, 0) is 20.9 Å². The van der Waals surface area contributed by atoms with E-state index in [0.29, 0.717) is 26.2 Å². The van der Waals surface area contributed by atoms with E-state index in [1.807, 2.05) is 52.0 Å². The number of carbonyl (C=O) groups is 1. The van der Waals surface area contributed by atoms with Crippen LogP contribution in [0.2, 0.25) is 0 Å². The maximum absolute atomic E-state index is 12.0. The summed E-state index contributed by atoms with van der Waals surface area (Å²) in [6, 6.07) is 7.60. The van der Waals surface area contributed by atoms with Gasteiger partial charge in [-0.3, -0.25) is 4.79 Å². The number of carbonyl (C=O) groups excluding carboxylic acids is 1. The van der Waals surface area contributed by atoms with Gasteiger partial charge in [-0.2, -0.15) is 0 Å². The Morgan fingerprint density at radius 3 is 2.83 bits per heavy atom. The standard InChI is InChI=1S/C18H27NO4/c1-5-21-14-8-6-7-13(9-14)12-22-15-10-16(19-11-15)17(20)23-18(2,3)4/h6-9,15-16,19H,5,10-12H2,1-4H3. The number of hydrogen-bond acceptors (Lipinski definition) is 5. The molecule has 0 amide bonds. The number of benzene rings is 1. The maximum Gasteiger partial charge on any atom is 0.323 e. The van der Waals surface area contributed by atoms with Crippen molar-refractivity contribution in [2.45, 2.75) is 58.5 Å². The molecule has 1 heterocycles. The van der Waals surface area contributed by atoms with Gasteiger partial charge >= 0.3 is 5.97 Å². The molecule has 0 aliphatic carbocycles. The number of hydrogen-bond donors (Lipinski definition) is 1. The van der Waals surface area contributed by atoms with Crippen molar-refractivity contribution in [3.05, 3.63) is 29.8 Å². The van der Waals surface area contributed by atoms with Crippen LogP contribution in [0.15, 0.2) is 24.3 Å². The summed E-state index contributed by atoms with van der Waals surface area (Å²) in [4.78, 5) is 12.0. The zero-order chi connectivity index (χ0) is 16.9. The highest BCUT2D eigenvalue weighted by Gasteiger charge is 2.33. The summed E-state index contributed by atoms with van der Waals surface area (Å²) in [5.74, 6) is 0.645. The molecule has 5 heteroatoms. The molecule has 1 fully saturated rings. The highest BCUT2D eigenvalue weighted by atomic mass is 16.6. The molecule has 1 N–H and O–H groups in total. The van der Waals surface area contributed by atoms with Gasteiger partial charge in [-0.15, -0.1) is 0 Å². The molecule has 2 rings (SSSR count). The third-order valence-electron chi connectivity index (χ3n) is 3.48. The van der Waals surface area contributed by atoms with Crippen molar-refractivity contribution < 1.29 is 19.0 Å². The van der Waals surface area contributed by atoms with Crippen molar-refractivity contribution in [1.29, 1.82) is 0 Å². The minimum Gasteiger partial charge on any atom is -0.494 e. The lowest BCUT2D eigenvalue weighted by Gasteiger charge is -2.22. The monoisotopic (exact) mass is 321 g/mol. The molecule has 23 heavy (non-hydrogen) atoms. The van der Waals surface area contributed by atoms with Crippen LogP contribution in [-0.4, -0.2) is 36.9 Å². The molecule has 5 nitrogen and oxygen atoms in total. The lowest BCUT2D eigenvalue weighted by molar-refractivity contribution is -0.157. The molecule has 1 aromatic carbocycles. The van der Waals surface area contributed by atoms with E-state index in [1.165, 1.54) is 0 Å². The fourth-order valence-corrected chi connectivity index (χ4v) is 2.49. The average molecular weight is 321 g/mol. The van der Waals surface area contributed by atoms with E-state index in [9.17, 15) is 4.79 Å². The van der Waals surface area contributed by atoms with Crippen molar-refractivity contribution in [3.63, 3.8) is 0 Å². The smallest absolute Gasteiger partial charge is 0.323 e. The SMILES string of the molecule is CCOc1cccc(COC2CNC(C(=O)OC(C)(C)C)C2)c1. The quantitative estimate of drug-likeness (QED) is 0.816. The lowest BCUT2D eigenvalue weighted by Crippen LogP contribution is -2.37. The normalized spacial score (nSPS) is 21.2. The van der Waals surface area contributed by atoms with Gasteiger partial charge < -0.3 is 19.5 Å². The van der Waals surface area contributed by atoms with E-state index in [1.54, 1.807) is 0 Å². The van der Waals surface area contributed by atoms with Crippen LogP contribution in [0, 0.1) is 0 Å². The van der Waals surface area contributed by atoms with E-state index < -0.39 is 5.60 Å². The Hall–Kier alpha value is -1.59. The summed E-state index contributed by atoms with van der Waals surface area (Å²) in [6.45, 7) is 9.40. The van der Waals surface area contributed by atoms with Gasteiger partial charge in [0.05, 0.1) is 19.3 Å². The van der Waals surface area contributed by atoms with Crippen molar-refractivity contribution in [3.8, 4) is 5.75 Å². The van der Waals surface area contributed by atoms with Gasteiger partial charge in [-0.05, 0) is 45.4 Å². The first-order chi connectivity index (χ1) is 10.9. The van der Waals surface area contributed by atoms with Gasteiger partial charge in [0, 0.05) is 13.0 Å². The number of esters is 1. The summed E-state index contributed by atoms with van der Waals surface area (Å²) in [5, 5.41) is 3.17. The molecule has 1 aliphatic heterocycles. The summed E-state index contributed by atoms with van der Waals surface area (Å²) < 4.78 is 16.8. The van der Waals surface area contributed by atoms with E-state index in [2.05, 4.69) is 5.32 Å². The van der Waals surface area contributed by atoms with E-state index in [0.717, 1.165) is 11.3 Å². The molecule has 0 radical (unpaired) electrons. The van der Waals surface area contributed by atoms with Gasteiger partial charge in [-0.25, -0.2) is 0 Å². The highest BCUT2D eigenvalue weighted by Crippen LogP contribution is 2.19. The molecule has 1 aromatic rings. The Kier molecular flexibility index (Phi) is 6.02. The molecule has 0 bridgehead atoms. The largest absolute Gasteiger partial charge is 0.494 e. The molecule has 0 spiro atoms. The van der Waals surface area contributed by atoms with Gasteiger partial charge in [-0.1, -0.05) is 12.1 Å². The molecule has 1 saturated heterocycles. The Labute approximate surface area is 138 Å².